The second-order valence-electron chi connectivity index (χ2n) is 5.43. The number of hydrogen-bond donors (Lipinski definition) is 1. The van der Waals surface area contributed by atoms with Crippen molar-refractivity contribution >= 4 is 11.0 Å². The molecule has 1 aliphatic heterocycles. The lowest BCUT2D eigenvalue weighted by Gasteiger charge is -2.34. The summed E-state index contributed by atoms with van der Waals surface area (Å²) in [6.45, 7) is 6.59. The van der Waals surface area contributed by atoms with Gasteiger partial charge in [-0.15, -0.1) is 0 Å². The average molecular weight is 292 g/mol. The van der Waals surface area contributed by atoms with E-state index in [0.717, 1.165) is 57.2 Å². The van der Waals surface area contributed by atoms with E-state index in [1.807, 2.05) is 6.07 Å². The fraction of sp³-hybridized carbons (Fsp3) is 0.533. The van der Waals surface area contributed by atoms with Crippen LogP contribution in [-0.4, -0.2) is 66.2 Å². The molecule has 6 heteroatoms. The van der Waals surface area contributed by atoms with Crippen molar-refractivity contribution in [3.8, 4) is 0 Å². The first kappa shape index (κ1) is 14.4. The number of ether oxygens (including phenoxy) is 1. The van der Waals surface area contributed by atoms with Crippen LogP contribution in [-0.2, 0) is 11.3 Å². The average Bonchev–Trinajstić information content (AvgIpc) is 2.91. The number of piperazine rings is 1. The molecule has 0 atom stereocenters. The van der Waals surface area contributed by atoms with Gasteiger partial charge in [-0.05, 0) is 12.1 Å². The first-order valence-electron chi connectivity index (χ1n) is 7.33. The van der Waals surface area contributed by atoms with Gasteiger partial charge in [-0.25, -0.2) is 9.37 Å². The van der Waals surface area contributed by atoms with Crippen LogP contribution in [0.3, 0.4) is 0 Å². The third-order valence-electron chi connectivity index (χ3n) is 3.96. The number of para-hydroxylation sites is 1. The van der Waals surface area contributed by atoms with Crippen LogP contribution in [0.2, 0.25) is 0 Å². The van der Waals surface area contributed by atoms with E-state index in [4.69, 9.17) is 4.74 Å². The van der Waals surface area contributed by atoms with E-state index >= 15 is 0 Å². The molecule has 5 nitrogen and oxygen atoms in total. The number of imidazole rings is 1. The van der Waals surface area contributed by atoms with Gasteiger partial charge in [0.2, 0.25) is 0 Å². The van der Waals surface area contributed by atoms with Crippen LogP contribution in [0.15, 0.2) is 18.2 Å². The van der Waals surface area contributed by atoms with Crippen LogP contribution in [0.5, 0.6) is 0 Å². The van der Waals surface area contributed by atoms with E-state index in [9.17, 15) is 4.39 Å². The van der Waals surface area contributed by atoms with Gasteiger partial charge in [0.25, 0.3) is 0 Å². The molecule has 2 heterocycles. The molecule has 1 fully saturated rings. The lowest BCUT2D eigenvalue weighted by atomic mass is 10.3. The van der Waals surface area contributed by atoms with Crippen molar-refractivity contribution in [2.75, 3.05) is 46.4 Å². The molecule has 2 aromatic rings. The van der Waals surface area contributed by atoms with Gasteiger partial charge in [0.15, 0.2) is 5.82 Å². The van der Waals surface area contributed by atoms with E-state index in [1.165, 1.54) is 6.07 Å². The fourth-order valence-corrected chi connectivity index (χ4v) is 2.73. The van der Waals surface area contributed by atoms with Gasteiger partial charge in [-0.1, -0.05) is 6.07 Å². The summed E-state index contributed by atoms with van der Waals surface area (Å²) in [5.74, 6) is 0.569. The molecular formula is C15H21FN4O. The zero-order valence-electron chi connectivity index (χ0n) is 12.3. The molecule has 0 aliphatic carbocycles. The molecule has 0 radical (unpaired) electrons. The minimum Gasteiger partial charge on any atom is -0.383 e. The molecule has 1 N–H and O–H groups in total. The van der Waals surface area contributed by atoms with Crippen molar-refractivity contribution in [2.45, 2.75) is 6.54 Å². The van der Waals surface area contributed by atoms with Crippen LogP contribution < -0.4 is 0 Å². The normalized spacial score (nSPS) is 17.6. The van der Waals surface area contributed by atoms with E-state index in [1.54, 1.807) is 13.2 Å². The number of hydrogen-bond acceptors (Lipinski definition) is 4. The third kappa shape index (κ3) is 3.40. The highest BCUT2D eigenvalue weighted by Crippen LogP contribution is 2.16. The highest BCUT2D eigenvalue weighted by atomic mass is 19.1. The van der Waals surface area contributed by atoms with Gasteiger partial charge < -0.3 is 9.72 Å². The summed E-state index contributed by atoms with van der Waals surface area (Å²) in [5, 5.41) is 0. The monoisotopic (exact) mass is 292 g/mol. The molecule has 3 rings (SSSR count). The van der Waals surface area contributed by atoms with Crippen LogP contribution in [0.4, 0.5) is 4.39 Å². The Bertz CT molecular complexity index is 592. The Kier molecular flexibility index (Phi) is 4.48. The molecule has 21 heavy (non-hydrogen) atoms. The Hall–Kier alpha value is -1.50. The fourth-order valence-electron chi connectivity index (χ4n) is 2.73. The maximum absolute atomic E-state index is 13.6. The maximum atomic E-state index is 13.6. The van der Waals surface area contributed by atoms with E-state index in [-0.39, 0.29) is 5.82 Å². The second kappa shape index (κ2) is 6.51. The summed E-state index contributed by atoms with van der Waals surface area (Å²) in [6.07, 6.45) is 0. The molecule has 1 aromatic heterocycles. The number of rotatable bonds is 5. The quantitative estimate of drug-likeness (QED) is 0.906. The predicted molar refractivity (Wildman–Crippen MR) is 79.6 cm³/mol. The molecule has 0 bridgehead atoms. The molecule has 1 saturated heterocycles. The standard InChI is InChI=1S/C15H21FN4O/c1-21-10-9-19-5-7-20(8-6-19)11-14-17-13-4-2-3-12(16)15(13)18-14/h2-4H,5-11H2,1H3,(H,17,18). The largest absolute Gasteiger partial charge is 0.383 e. The molecule has 114 valence electrons. The maximum Gasteiger partial charge on any atom is 0.151 e. The van der Waals surface area contributed by atoms with Crippen molar-refractivity contribution in [1.82, 2.24) is 19.8 Å². The van der Waals surface area contributed by atoms with Gasteiger partial charge in [0.1, 0.15) is 11.3 Å². The first-order chi connectivity index (χ1) is 10.3. The summed E-state index contributed by atoms with van der Waals surface area (Å²) < 4.78 is 18.7. The summed E-state index contributed by atoms with van der Waals surface area (Å²) in [4.78, 5) is 12.3. The molecule has 0 spiro atoms. The molecule has 0 unspecified atom stereocenters. The van der Waals surface area contributed by atoms with Crippen molar-refractivity contribution in [2.24, 2.45) is 0 Å². The second-order valence-corrected chi connectivity index (χ2v) is 5.43. The SMILES string of the molecule is COCCN1CCN(Cc2nc3c(F)cccc3[nH]2)CC1. The number of aromatic nitrogens is 2. The van der Waals surface area contributed by atoms with Crippen LogP contribution >= 0.6 is 0 Å². The van der Waals surface area contributed by atoms with Crippen molar-refractivity contribution < 1.29 is 9.13 Å². The molecule has 1 aliphatic rings. The Labute approximate surface area is 123 Å². The zero-order valence-corrected chi connectivity index (χ0v) is 12.3. The Morgan fingerprint density at radius 2 is 2.00 bits per heavy atom. The number of nitrogens with zero attached hydrogens (tertiary/aromatic N) is 3. The number of methoxy groups -OCH3 is 1. The van der Waals surface area contributed by atoms with Crippen LogP contribution in [0.25, 0.3) is 11.0 Å². The number of fused-ring (bicyclic) bond motifs is 1. The van der Waals surface area contributed by atoms with Crippen LogP contribution in [0.1, 0.15) is 5.82 Å². The number of H-pyrrole nitrogens is 1. The van der Waals surface area contributed by atoms with E-state index in [2.05, 4.69) is 19.8 Å². The Morgan fingerprint density at radius 3 is 2.71 bits per heavy atom. The Morgan fingerprint density at radius 1 is 1.24 bits per heavy atom. The minimum absolute atomic E-state index is 0.264. The van der Waals surface area contributed by atoms with E-state index in [0.29, 0.717) is 5.52 Å². The van der Waals surface area contributed by atoms with E-state index < -0.39 is 0 Å². The summed E-state index contributed by atoms with van der Waals surface area (Å²) in [5.41, 5.74) is 1.20. The summed E-state index contributed by atoms with van der Waals surface area (Å²) >= 11 is 0. The minimum atomic E-state index is -0.264. The van der Waals surface area contributed by atoms with Crippen molar-refractivity contribution in [1.29, 1.82) is 0 Å². The lowest BCUT2D eigenvalue weighted by molar-refractivity contribution is 0.0927. The van der Waals surface area contributed by atoms with Gasteiger partial charge in [0.05, 0.1) is 18.7 Å². The smallest absolute Gasteiger partial charge is 0.151 e. The lowest BCUT2D eigenvalue weighted by Crippen LogP contribution is -2.46. The van der Waals surface area contributed by atoms with Crippen molar-refractivity contribution in [3.05, 3.63) is 29.8 Å². The van der Waals surface area contributed by atoms with Crippen molar-refractivity contribution in [3.63, 3.8) is 0 Å². The predicted octanol–water partition coefficient (Wildman–Crippen LogP) is 1.47. The summed E-state index contributed by atoms with van der Waals surface area (Å²) in [7, 11) is 1.73. The van der Waals surface area contributed by atoms with Crippen LogP contribution in [0, 0.1) is 5.82 Å². The topological polar surface area (TPSA) is 44.4 Å². The molecule has 0 saturated carbocycles. The van der Waals surface area contributed by atoms with Gasteiger partial charge in [-0.3, -0.25) is 9.80 Å². The number of nitrogens with one attached hydrogen (secondary N) is 1. The number of benzene rings is 1. The third-order valence-corrected chi connectivity index (χ3v) is 3.96. The number of aromatic amines is 1. The van der Waals surface area contributed by atoms with Gasteiger partial charge in [0, 0.05) is 39.8 Å². The molecule has 1 aromatic carbocycles. The number of halogens is 1. The molecule has 0 amide bonds. The first-order valence-corrected chi connectivity index (χ1v) is 7.33. The highest BCUT2D eigenvalue weighted by molar-refractivity contribution is 5.75. The summed E-state index contributed by atoms with van der Waals surface area (Å²) in [6, 6.07) is 5.01. The van der Waals surface area contributed by atoms with Gasteiger partial charge in [-0.2, -0.15) is 0 Å². The Balaban J connectivity index is 1.58. The highest BCUT2D eigenvalue weighted by Gasteiger charge is 2.18. The van der Waals surface area contributed by atoms with Gasteiger partial charge >= 0.3 is 0 Å². The molecular weight excluding hydrogens is 271 g/mol. The zero-order chi connectivity index (χ0) is 14.7.